The molecule has 1 rings (SSSR count). The highest BCUT2D eigenvalue weighted by molar-refractivity contribution is 5.88. The van der Waals surface area contributed by atoms with Crippen LogP contribution in [-0.4, -0.2) is 35.9 Å². The third kappa shape index (κ3) is 7.20. The summed E-state index contributed by atoms with van der Waals surface area (Å²) in [7, 11) is 0. The van der Waals surface area contributed by atoms with Crippen molar-refractivity contribution in [2.24, 2.45) is 0 Å². The van der Waals surface area contributed by atoms with Crippen LogP contribution in [-0.2, 0) is 4.74 Å². The summed E-state index contributed by atoms with van der Waals surface area (Å²) in [4.78, 5) is 22.2. The number of carboxylic acid groups (broad SMARTS) is 1. The molecule has 3 N–H and O–H groups in total. The number of hydrogen-bond acceptors (Lipinski definition) is 4. The summed E-state index contributed by atoms with van der Waals surface area (Å²) >= 11 is 0. The topological polar surface area (TPSA) is 87.7 Å². The Balaban J connectivity index is 2.24. The third-order valence-corrected chi connectivity index (χ3v) is 2.46. The van der Waals surface area contributed by atoms with Crippen molar-refractivity contribution in [2.45, 2.75) is 32.8 Å². The van der Waals surface area contributed by atoms with Gasteiger partial charge in [-0.15, -0.1) is 0 Å². The summed E-state index contributed by atoms with van der Waals surface area (Å²) in [5.41, 5.74) is 0.485. The second-order valence-electron chi connectivity index (χ2n) is 5.59. The number of alkyl carbamates (subject to hydrolysis) is 1. The van der Waals surface area contributed by atoms with Gasteiger partial charge in [-0.3, -0.25) is 0 Å². The summed E-state index contributed by atoms with van der Waals surface area (Å²) in [6, 6.07) is 6.60. The van der Waals surface area contributed by atoms with Crippen molar-refractivity contribution in [2.75, 3.05) is 18.4 Å². The van der Waals surface area contributed by atoms with Crippen LogP contribution in [0.3, 0.4) is 0 Å². The van der Waals surface area contributed by atoms with E-state index < -0.39 is 17.7 Å². The minimum Gasteiger partial charge on any atom is -0.478 e. The van der Waals surface area contributed by atoms with E-state index in [2.05, 4.69) is 10.6 Å². The fourth-order valence-electron chi connectivity index (χ4n) is 1.59. The predicted molar refractivity (Wildman–Crippen MR) is 80.7 cm³/mol. The van der Waals surface area contributed by atoms with Gasteiger partial charge in [-0.05, 0) is 45.4 Å². The molecule has 0 spiro atoms. The smallest absolute Gasteiger partial charge is 0.407 e. The number of nitrogens with one attached hydrogen (secondary N) is 2. The van der Waals surface area contributed by atoms with Crippen LogP contribution in [0.5, 0.6) is 0 Å². The maximum atomic E-state index is 11.4. The highest BCUT2D eigenvalue weighted by atomic mass is 16.6. The number of carboxylic acids is 1. The van der Waals surface area contributed by atoms with Gasteiger partial charge in [0.25, 0.3) is 0 Å². The van der Waals surface area contributed by atoms with Gasteiger partial charge in [0, 0.05) is 18.8 Å². The molecule has 1 aromatic rings. The van der Waals surface area contributed by atoms with Gasteiger partial charge in [0.1, 0.15) is 5.60 Å². The third-order valence-electron chi connectivity index (χ3n) is 2.46. The fraction of sp³-hybridized carbons (Fsp3) is 0.467. The molecule has 6 nitrogen and oxygen atoms in total. The van der Waals surface area contributed by atoms with Gasteiger partial charge in [0.05, 0.1) is 5.56 Å². The Bertz CT molecular complexity index is 495. The van der Waals surface area contributed by atoms with Gasteiger partial charge in [-0.2, -0.15) is 0 Å². The first-order chi connectivity index (χ1) is 9.78. The average Bonchev–Trinajstić information content (AvgIpc) is 2.36. The van der Waals surface area contributed by atoms with Crippen LogP contribution in [0.15, 0.2) is 24.3 Å². The summed E-state index contributed by atoms with van der Waals surface area (Å²) in [5, 5.41) is 14.6. The number of anilines is 1. The summed E-state index contributed by atoms with van der Waals surface area (Å²) < 4.78 is 5.11. The first-order valence-corrected chi connectivity index (χ1v) is 6.82. The highest BCUT2D eigenvalue weighted by Gasteiger charge is 2.15. The van der Waals surface area contributed by atoms with E-state index in [-0.39, 0.29) is 5.56 Å². The second kappa shape index (κ2) is 7.52. The Kier molecular flexibility index (Phi) is 6.02. The van der Waals surface area contributed by atoms with Gasteiger partial charge >= 0.3 is 12.1 Å². The largest absolute Gasteiger partial charge is 0.478 e. The number of aromatic carboxylic acids is 1. The van der Waals surface area contributed by atoms with Crippen LogP contribution in [0.25, 0.3) is 0 Å². The number of amides is 1. The Morgan fingerprint density at radius 3 is 2.57 bits per heavy atom. The molecule has 0 aliphatic heterocycles. The Labute approximate surface area is 124 Å². The van der Waals surface area contributed by atoms with Crippen molar-refractivity contribution >= 4 is 17.7 Å². The van der Waals surface area contributed by atoms with Crippen molar-refractivity contribution in [3.8, 4) is 0 Å². The zero-order valence-electron chi connectivity index (χ0n) is 12.6. The summed E-state index contributed by atoms with van der Waals surface area (Å²) in [5.74, 6) is -0.953. The molecule has 1 amide bonds. The average molecular weight is 294 g/mol. The van der Waals surface area contributed by atoms with Gasteiger partial charge in [0.2, 0.25) is 0 Å². The van der Waals surface area contributed by atoms with Crippen molar-refractivity contribution in [3.63, 3.8) is 0 Å². The normalized spacial score (nSPS) is 10.8. The molecule has 0 saturated heterocycles. The SMILES string of the molecule is CC(C)(C)OC(=O)NCCCNc1cccc(C(=O)O)c1. The Morgan fingerprint density at radius 1 is 1.24 bits per heavy atom. The minimum atomic E-state index is -0.953. The number of benzene rings is 1. The van der Waals surface area contributed by atoms with Crippen LogP contribution >= 0.6 is 0 Å². The quantitative estimate of drug-likeness (QED) is 0.702. The van der Waals surface area contributed by atoms with Crippen LogP contribution in [0.1, 0.15) is 37.6 Å². The lowest BCUT2D eigenvalue weighted by Gasteiger charge is -2.19. The Hall–Kier alpha value is -2.24. The van der Waals surface area contributed by atoms with Crippen LogP contribution < -0.4 is 10.6 Å². The maximum Gasteiger partial charge on any atom is 0.407 e. The molecule has 0 aliphatic carbocycles. The molecule has 6 heteroatoms. The first-order valence-electron chi connectivity index (χ1n) is 6.82. The highest BCUT2D eigenvalue weighted by Crippen LogP contribution is 2.10. The van der Waals surface area contributed by atoms with Crippen molar-refractivity contribution in [1.29, 1.82) is 0 Å². The molecule has 0 bridgehead atoms. The van der Waals surface area contributed by atoms with Gasteiger partial charge in [0.15, 0.2) is 0 Å². The molecule has 0 unspecified atom stereocenters. The monoisotopic (exact) mass is 294 g/mol. The molecule has 116 valence electrons. The molecule has 21 heavy (non-hydrogen) atoms. The molecule has 0 fully saturated rings. The second-order valence-corrected chi connectivity index (χ2v) is 5.59. The van der Waals surface area contributed by atoms with E-state index in [1.165, 1.54) is 6.07 Å². The van der Waals surface area contributed by atoms with E-state index in [9.17, 15) is 9.59 Å². The van der Waals surface area contributed by atoms with E-state index in [0.717, 1.165) is 5.69 Å². The van der Waals surface area contributed by atoms with Crippen LogP contribution in [0, 0.1) is 0 Å². The molecule has 0 radical (unpaired) electrons. The number of rotatable bonds is 6. The predicted octanol–water partition coefficient (Wildman–Crippen LogP) is 2.71. The van der Waals surface area contributed by atoms with E-state index >= 15 is 0 Å². The number of hydrogen-bond donors (Lipinski definition) is 3. The van der Waals surface area contributed by atoms with Gasteiger partial charge in [-0.1, -0.05) is 6.07 Å². The summed E-state index contributed by atoms with van der Waals surface area (Å²) in [6.45, 7) is 6.54. The maximum absolute atomic E-state index is 11.4. The van der Waals surface area contributed by atoms with E-state index in [1.807, 2.05) is 20.8 Å². The fourth-order valence-corrected chi connectivity index (χ4v) is 1.59. The molecule has 0 aliphatic rings. The summed E-state index contributed by atoms with van der Waals surface area (Å²) in [6.07, 6.45) is 0.270. The Morgan fingerprint density at radius 2 is 1.95 bits per heavy atom. The first kappa shape index (κ1) is 16.8. The van der Waals surface area contributed by atoms with Gasteiger partial charge in [-0.25, -0.2) is 9.59 Å². The molecule has 0 heterocycles. The van der Waals surface area contributed by atoms with Crippen molar-refractivity contribution in [1.82, 2.24) is 5.32 Å². The van der Waals surface area contributed by atoms with Crippen LogP contribution in [0.2, 0.25) is 0 Å². The molecular weight excluding hydrogens is 272 g/mol. The van der Waals surface area contributed by atoms with E-state index in [1.54, 1.807) is 18.2 Å². The minimum absolute atomic E-state index is 0.242. The molecule has 0 atom stereocenters. The molecule has 0 saturated carbocycles. The lowest BCUT2D eigenvalue weighted by atomic mass is 10.2. The number of carbonyl (C=O) groups is 2. The number of ether oxygens (including phenoxy) is 1. The van der Waals surface area contributed by atoms with Crippen LogP contribution in [0.4, 0.5) is 10.5 Å². The zero-order chi connectivity index (χ0) is 15.9. The zero-order valence-corrected chi connectivity index (χ0v) is 12.6. The van der Waals surface area contributed by atoms with Crippen molar-refractivity contribution in [3.05, 3.63) is 29.8 Å². The number of carbonyl (C=O) groups excluding carboxylic acids is 1. The van der Waals surface area contributed by atoms with Gasteiger partial charge < -0.3 is 20.5 Å². The molecule has 1 aromatic carbocycles. The van der Waals surface area contributed by atoms with E-state index in [0.29, 0.717) is 19.5 Å². The standard InChI is InChI=1S/C15H22N2O4/c1-15(2,3)21-14(20)17-9-5-8-16-12-7-4-6-11(10-12)13(18)19/h4,6-7,10,16H,5,8-9H2,1-3H3,(H,17,20)(H,18,19). The van der Waals surface area contributed by atoms with Crippen molar-refractivity contribution < 1.29 is 19.4 Å². The van der Waals surface area contributed by atoms with E-state index in [4.69, 9.17) is 9.84 Å². The molecule has 0 aromatic heterocycles. The molecular formula is C15H22N2O4. The lowest BCUT2D eigenvalue weighted by molar-refractivity contribution is 0.0527. The lowest BCUT2D eigenvalue weighted by Crippen LogP contribution is -2.33.